The summed E-state index contributed by atoms with van der Waals surface area (Å²) in [5, 5.41) is 4.90. The molecule has 3 N–H and O–H groups in total. The van der Waals surface area contributed by atoms with Crippen LogP contribution in [0.4, 0.5) is 5.82 Å². The van der Waals surface area contributed by atoms with Crippen molar-refractivity contribution in [2.75, 3.05) is 17.7 Å². The molecule has 0 unspecified atom stereocenters. The molecule has 1 rings (SSSR count). The largest absolute Gasteiger partial charge is 0.348 e. The van der Waals surface area contributed by atoms with Crippen LogP contribution in [0, 0.1) is 0 Å². The number of nitrogens with one attached hydrogen (secondary N) is 3. The van der Waals surface area contributed by atoms with Gasteiger partial charge < -0.3 is 15.6 Å². The van der Waals surface area contributed by atoms with Gasteiger partial charge in [0.1, 0.15) is 11.7 Å². The van der Waals surface area contributed by atoms with Crippen molar-refractivity contribution in [2.45, 2.75) is 0 Å². The Morgan fingerprint density at radius 3 is 2.79 bits per heavy atom. The van der Waals surface area contributed by atoms with Crippen LogP contribution in [-0.2, 0) is 9.59 Å². The zero-order valence-corrected chi connectivity index (χ0v) is 8.10. The lowest BCUT2D eigenvalue weighted by atomic mass is 10.5. The van der Waals surface area contributed by atoms with Crippen LogP contribution in [0.1, 0.15) is 0 Å². The zero-order chi connectivity index (χ0) is 10.4. The van der Waals surface area contributed by atoms with Gasteiger partial charge in [0.05, 0.1) is 6.54 Å². The summed E-state index contributed by atoms with van der Waals surface area (Å²) in [7, 11) is 0. The average molecular weight is 216 g/mol. The molecule has 1 heterocycles. The van der Waals surface area contributed by atoms with Gasteiger partial charge in [-0.1, -0.05) is 0 Å². The molecule has 0 aliphatic heterocycles. The third-order valence-corrected chi connectivity index (χ3v) is 1.68. The molecule has 0 saturated carbocycles. The Morgan fingerprint density at radius 1 is 1.43 bits per heavy atom. The zero-order valence-electron chi connectivity index (χ0n) is 7.34. The third-order valence-electron chi connectivity index (χ3n) is 1.44. The van der Waals surface area contributed by atoms with Crippen LogP contribution in [0.2, 0.25) is 0 Å². The van der Waals surface area contributed by atoms with Gasteiger partial charge in [0.2, 0.25) is 11.8 Å². The molecule has 0 atom stereocenters. The number of rotatable bonds is 4. The van der Waals surface area contributed by atoms with Gasteiger partial charge in [0.25, 0.3) is 0 Å². The summed E-state index contributed by atoms with van der Waals surface area (Å²) >= 11 is 5.23. The second-order valence-corrected chi connectivity index (χ2v) is 2.81. The molecule has 1 aromatic rings. The van der Waals surface area contributed by atoms with E-state index in [0.29, 0.717) is 5.82 Å². The summed E-state index contributed by atoms with van der Waals surface area (Å²) in [4.78, 5) is 24.6. The lowest BCUT2D eigenvalue weighted by molar-refractivity contribution is -0.122. The number of carbonyl (C=O) groups is 2. The fourth-order valence-electron chi connectivity index (χ4n) is 0.829. The number of carbonyl (C=O) groups excluding carboxylic acids is 2. The molecule has 0 radical (unpaired) electrons. The number of alkyl halides is 1. The highest BCUT2D eigenvalue weighted by molar-refractivity contribution is 6.27. The van der Waals surface area contributed by atoms with Gasteiger partial charge in [-0.15, -0.1) is 11.6 Å². The normalized spacial score (nSPS) is 9.50. The number of H-pyrrole nitrogens is 1. The smallest absolute Gasteiger partial charge is 0.244 e. The van der Waals surface area contributed by atoms with Crippen LogP contribution in [0.5, 0.6) is 0 Å². The van der Waals surface area contributed by atoms with E-state index in [1.165, 1.54) is 0 Å². The van der Waals surface area contributed by atoms with Crippen LogP contribution in [0.25, 0.3) is 0 Å². The third kappa shape index (κ3) is 3.49. The van der Waals surface area contributed by atoms with E-state index in [1.54, 1.807) is 18.3 Å². The topological polar surface area (TPSA) is 74.0 Å². The second kappa shape index (κ2) is 5.29. The molecule has 0 bridgehead atoms. The van der Waals surface area contributed by atoms with E-state index in [-0.39, 0.29) is 24.2 Å². The molecule has 0 aliphatic rings. The molecule has 14 heavy (non-hydrogen) atoms. The van der Waals surface area contributed by atoms with Crippen molar-refractivity contribution in [1.29, 1.82) is 0 Å². The molecule has 0 aliphatic carbocycles. The monoisotopic (exact) mass is 215 g/mol. The number of halogens is 1. The van der Waals surface area contributed by atoms with Crippen LogP contribution in [0.3, 0.4) is 0 Å². The molecule has 0 aromatic carbocycles. The molecular formula is C8H10ClN3O2. The molecule has 5 nitrogen and oxygen atoms in total. The first-order valence-corrected chi connectivity index (χ1v) is 4.51. The number of amides is 2. The summed E-state index contributed by atoms with van der Waals surface area (Å²) in [6.07, 6.45) is 1.69. The minimum Gasteiger partial charge on any atom is -0.348 e. The van der Waals surface area contributed by atoms with Crippen LogP contribution in [0.15, 0.2) is 18.3 Å². The predicted molar refractivity (Wildman–Crippen MR) is 53.2 cm³/mol. The van der Waals surface area contributed by atoms with Crippen molar-refractivity contribution < 1.29 is 9.59 Å². The van der Waals surface area contributed by atoms with Crippen molar-refractivity contribution in [2.24, 2.45) is 0 Å². The molecular weight excluding hydrogens is 206 g/mol. The lowest BCUT2D eigenvalue weighted by Crippen LogP contribution is -2.33. The maximum atomic E-state index is 11.1. The average Bonchev–Trinajstić information content (AvgIpc) is 2.66. The Hall–Kier alpha value is -1.49. The maximum absolute atomic E-state index is 11.1. The van der Waals surface area contributed by atoms with E-state index >= 15 is 0 Å². The van der Waals surface area contributed by atoms with Crippen LogP contribution >= 0.6 is 11.6 Å². The molecule has 2 amide bonds. The van der Waals surface area contributed by atoms with Crippen molar-refractivity contribution in [3.8, 4) is 0 Å². The van der Waals surface area contributed by atoms with Gasteiger partial charge in [-0.25, -0.2) is 0 Å². The van der Waals surface area contributed by atoms with Crippen molar-refractivity contribution in [3.63, 3.8) is 0 Å². The molecule has 0 spiro atoms. The van der Waals surface area contributed by atoms with E-state index in [9.17, 15) is 9.59 Å². The number of hydrogen-bond acceptors (Lipinski definition) is 2. The Kier molecular flexibility index (Phi) is 4.00. The van der Waals surface area contributed by atoms with Crippen molar-refractivity contribution in [3.05, 3.63) is 18.3 Å². The van der Waals surface area contributed by atoms with Gasteiger partial charge in [-0.2, -0.15) is 0 Å². The summed E-state index contributed by atoms with van der Waals surface area (Å²) in [6, 6.07) is 3.47. The Bertz CT molecular complexity index is 310. The maximum Gasteiger partial charge on any atom is 0.244 e. The first kappa shape index (κ1) is 10.6. The van der Waals surface area contributed by atoms with E-state index in [4.69, 9.17) is 11.6 Å². The SMILES string of the molecule is O=C(CCl)NCC(=O)Nc1ccc[nH]1. The first-order chi connectivity index (χ1) is 6.72. The van der Waals surface area contributed by atoms with Crippen molar-refractivity contribution >= 4 is 29.2 Å². The first-order valence-electron chi connectivity index (χ1n) is 3.98. The minimum absolute atomic E-state index is 0.0788. The highest BCUT2D eigenvalue weighted by Gasteiger charge is 2.04. The summed E-state index contributed by atoms with van der Waals surface area (Å²) in [6.45, 7) is -0.0788. The quantitative estimate of drug-likeness (QED) is 0.633. The van der Waals surface area contributed by atoms with Crippen molar-refractivity contribution in [1.82, 2.24) is 10.3 Å². The van der Waals surface area contributed by atoms with Gasteiger partial charge in [-0.05, 0) is 12.1 Å². The highest BCUT2D eigenvalue weighted by Crippen LogP contribution is 1.99. The van der Waals surface area contributed by atoms with E-state index in [0.717, 1.165) is 0 Å². The fraction of sp³-hybridized carbons (Fsp3) is 0.250. The molecule has 0 saturated heterocycles. The Balaban J connectivity index is 2.26. The lowest BCUT2D eigenvalue weighted by Gasteiger charge is -2.03. The Morgan fingerprint density at radius 2 is 2.21 bits per heavy atom. The summed E-state index contributed by atoms with van der Waals surface area (Å²) < 4.78 is 0. The van der Waals surface area contributed by atoms with E-state index < -0.39 is 0 Å². The van der Waals surface area contributed by atoms with Crippen LogP contribution < -0.4 is 10.6 Å². The number of hydrogen-bond donors (Lipinski definition) is 3. The number of aromatic amines is 1. The summed E-state index contributed by atoms with van der Waals surface area (Å²) in [5.74, 6) is -0.218. The standard InChI is InChI=1S/C8H10ClN3O2/c9-4-7(13)11-5-8(14)12-6-2-1-3-10-6/h1-3,10H,4-5H2,(H,11,13)(H,12,14). The van der Waals surface area contributed by atoms with Gasteiger partial charge >= 0.3 is 0 Å². The van der Waals surface area contributed by atoms with E-state index in [1.807, 2.05) is 0 Å². The molecule has 0 fully saturated rings. The molecule has 1 aromatic heterocycles. The fourth-order valence-corrected chi connectivity index (χ4v) is 0.923. The molecule has 76 valence electrons. The predicted octanol–water partition coefficient (Wildman–Crippen LogP) is 0.308. The summed E-state index contributed by atoms with van der Waals surface area (Å²) in [5.41, 5.74) is 0. The minimum atomic E-state index is -0.367. The van der Waals surface area contributed by atoms with Gasteiger partial charge in [-0.3, -0.25) is 9.59 Å². The van der Waals surface area contributed by atoms with E-state index in [2.05, 4.69) is 15.6 Å². The van der Waals surface area contributed by atoms with Gasteiger partial charge in [0.15, 0.2) is 0 Å². The molecule has 6 heteroatoms. The number of anilines is 1. The Labute approximate surface area is 85.8 Å². The van der Waals surface area contributed by atoms with Crippen LogP contribution in [-0.4, -0.2) is 29.2 Å². The number of aromatic nitrogens is 1. The van der Waals surface area contributed by atoms with Gasteiger partial charge in [0, 0.05) is 6.20 Å². The highest BCUT2D eigenvalue weighted by atomic mass is 35.5. The second-order valence-electron chi connectivity index (χ2n) is 2.54.